The number of halogens is 1. The lowest BCUT2D eigenvalue weighted by molar-refractivity contribution is -0.124. The molecule has 3 aromatic carbocycles. The van der Waals surface area contributed by atoms with E-state index in [0.717, 1.165) is 11.1 Å². The molecule has 1 atom stereocenters. The van der Waals surface area contributed by atoms with Crippen LogP contribution in [0.1, 0.15) is 24.1 Å². The molecule has 0 unspecified atom stereocenters. The zero-order chi connectivity index (χ0) is 23.5. The molecule has 3 aromatic rings. The van der Waals surface area contributed by atoms with Crippen molar-refractivity contribution in [3.05, 3.63) is 95.0 Å². The molecule has 7 nitrogen and oxygen atoms in total. The third-order valence-electron chi connectivity index (χ3n) is 4.51. The Kier molecular flexibility index (Phi) is 8.85. The van der Waals surface area contributed by atoms with E-state index in [1.165, 1.54) is 6.21 Å². The molecule has 0 aliphatic carbocycles. The highest BCUT2D eigenvalue weighted by Gasteiger charge is 2.09. The van der Waals surface area contributed by atoms with Crippen LogP contribution in [0.5, 0.6) is 11.5 Å². The average Bonchev–Trinajstić information content (AvgIpc) is 2.84. The van der Waals surface area contributed by atoms with Gasteiger partial charge in [-0.1, -0.05) is 41.9 Å². The quantitative estimate of drug-likeness (QED) is 0.348. The molecule has 0 saturated heterocycles. The molecule has 2 amide bonds. The number of amides is 2. The summed E-state index contributed by atoms with van der Waals surface area (Å²) in [7, 11) is 0. The first kappa shape index (κ1) is 23.8. The van der Waals surface area contributed by atoms with E-state index in [9.17, 15) is 9.59 Å². The van der Waals surface area contributed by atoms with Crippen LogP contribution in [-0.4, -0.2) is 31.2 Å². The van der Waals surface area contributed by atoms with Gasteiger partial charge in [-0.15, -0.1) is 0 Å². The van der Waals surface area contributed by atoms with Crippen LogP contribution in [0.4, 0.5) is 0 Å². The summed E-state index contributed by atoms with van der Waals surface area (Å²) >= 11 is 5.80. The number of hydrogen-bond acceptors (Lipinski definition) is 5. The maximum absolute atomic E-state index is 12.1. The van der Waals surface area contributed by atoms with E-state index < -0.39 is 5.91 Å². The van der Waals surface area contributed by atoms with Crippen LogP contribution < -0.4 is 20.2 Å². The first-order valence-electron chi connectivity index (χ1n) is 10.3. The molecule has 0 radical (unpaired) electrons. The minimum Gasteiger partial charge on any atom is -0.484 e. The summed E-state index contributed by atoms with van der Waals surface area (Å²) in [6.45, 7) is 1.66. The molecule has 0 aromatic heterocycles. The van der Waals surface area contributed by atoms with Gasteiger partial charge in [-0.2, -0.15) is 5.10 Å². The predicted molar refractivity (Wildman–Crippen MR) is 128 cm³/mol. The lowest BCUT2D eigenvalue weighted by Crippen LogP contribution is -2.31. The van der Waals surface area contributed by atoms with Crippen molar-refractivity contribution in [3.63, 3.8) is 0 Å². The smallest absolute Gasteiger partial charge is 0.277 e. The summed E-state index contributed by atoms with van der Waals surface area (Å²) in [6.07, 6.45) is 1.50. The number of ether oxygens (including phenoxy) is 2. The van der Waals surface area contributed by atoms with Crippen molar-refractivity contribution in [1.29, 1.82) is 0 Å². The zero-order valence-electron chi connectivity index (χ0n) is 18.0. The van der Waals surface area contributed by atoms with Gasteiger partial charge < -0.3 is 14.8 Å². The van der Waals surface area contributed by atoms with Gasteiger partial charge in [0, 0.05) is 5.02 Å². The molecule has 0 heterocycles. The average molecular weight is 466 g/mol. The molecule has 33 heavy (non-hydrogen) atoms. The van der Waals surface area contributed by atoms with E-state index in [4.69, 9.17) is 21.1 Å². The van der Waals surface area contributed by atoms with Crippen molar-refractivity contribution < 1.29 is 19.1 Å². The number of nitrogens with zero attached hydrogens (tertiary/aromatic N) is 1. The van der Waals surface area contributed by atoms with Crippen LogP contribution in [0, 0.1) is 0 Å². The van der Waals surface area contributed by atoms with Gasteiger partial charge in [0.05, 0.1) is 12.3 Å². The summed E-state index contributed by atoms with van der Waals surface area (Å²) in [5, 5.41) is 7.39. The molecular formula is C25H24ClN3O4. The van der Waals surface area contributed by atoms with Gasteiger partial charge in [-0.3, -0.25) is 9.59 Å². The molecular weight excluding hydrogens is 442 g/mol. The van der Waals surface area contributed by atoms with E-state index in [1.54, 1.807) is 48.5 Å². The van der Waals surface area contributed by atoms with E-state index in [-0.39, 0.29) is 25.2 Å². The molecule has 0 bridgehead atoms. The summed E-state index contributed by atoms with van der Waals surface area (Å²) in [5.74, 6) is 0.491. The van der Waals surface area contributed by atoms with Gasteiger partial charge in [0.2, 0.25) is 0 Å². The highest BCUT2D eigenvalue weighted by atomic mass is 35.5. The van der Waals surface area contributed by atoms with E-state index in [2.05, 4.69) is 15.8 Å². The van der Waals surface area contributed by atoms with E-state index in [1.807, 2.05) is 37.3 Å². The van der Waals surface area contributed by atoms with Crippen molar-refractivity contribution in [3.8, 4) is 11.5 Å². The highest BCUT2D eigenvalue weighted by molar-refractivity contribution is 6.30. The second-order valence-electron chi connectivity index (χ2n) is 7.09. The number of hydrazone groups is 1. The van der Waals surface area contributed by atoms with Crippen molar-refractivity contribution in [2.75, 3.05) is 13.2 Å². The van der Waals surface area contributed by atoms with Crippen molar-refractivity contribution in [2.24, 2.45) is 5.10 Å². The molecule has 0 saturated carbocycles. The fourth-order valence-electron chi connectivity index (χ4n) is 2.80. The molecule has 0 aliphatic heterocycles. The number of benzene rings is 3. The first-order chi connectivity index (χ1) is 16.0. The Bertz CT molecular complexity index is 1070. The van der Waals surface area contributed by atoms with Crippen molar-refractivity contribution >= 4 is 29.6 Å². The maximum atomic E-state index is 12.1. The predicted octanol–water partition coefficient (Wildman–Crippen LogP) is 4.13. The summed E-state index contributed by atoms with van der Waals surface area (Å²) in [4.78, 5) is 23.9. The Balaban J connectivity index is 1.37. The number of carbonyl (C=O) groups excluding carboxylic acids is 2. The van der Waals surface area contributed by atoms with Crippen molar-refractivity contribution in [1.82, 2.24) is 10.7 Å². The Morgan fingerprint density at radius 3 is 2.09 bits per heavy atom. The minimum absolute atomic E-state index is 0.0890. The Labute approximate surface area is 197 Å². The standard InChI is InChI=1S/C25H24ClN3O4/c1-18(20-5-3-2-4-6-20)28-24(30)16-32-22-11-7-19(8-12-22)15-27-29-25(31)17-33-23-13-9-21(26)10-14-23/h2-15,18H,16-17H2,1H3,(H,28,30)(H,29,31)/b27-15-/t18-/m0/s1. The second kappa shape index (κ2) is 12.3. The van der Waals surface area contributed by atoms with Crippen LogP contribution >= 0.6 is 11.6 Å². The molecule has 2 N–H and O–H groups in total. The molecule has 170 valence electrons. The first-order valence-corrected chi connectivity index (χ1v) is 10.6. The fraction of sp³-hybridized carbons (Fsp3) is 0.160. The highest BCUT2D eigenvalue weighted by Crippen LogP contribution is 2.15. The fourth-order valence-corrected chi connectivity index (χ4v) is 2.92. The third kappa shape index (κ3) is 8.31. The topological polar surface area (TPSA) is 89.0 Å². The number of nitrogens with one attached hydrogen (secondary N) is 2. The molecule has 0 spiro atoms. The van der Waals surface area contributed by atoms with Crippen LogP contribution in [0.3, 0.4) is 0 Å². The lowest BCUT2D eigenvalue weighted by atomic mass is 10.1. The van der Waals surface area contributed by atoms with E-state index in [0.29, 0.717) is 16.5 Å². The zero-order valence-corrected chi connectivity index (χ0v) is 18.8. The van der Waals surface area contributed by atoms with E-state index >= 15 is 0 Å². The number of rotatable bonds is 10. The van der Waals surface area contributed by atoms with Gasteiger partial charge in [-0.05, 0) is 66.6 Å². The van der Waals surface area contributed by atoms with Crippen LogP contribution in [0.15, 0.2) is 84.0 Å². The monoisotopic (exact) mass is 465 g/mol. The largest absolute Gasteiger partial charge is 0.484 e. The Morgan fingerprint density at radius 1 is 0.879 bits per heavy atom. The number of carbonyl (C=O) groups is 2. The molecule has 0 fully saturated rings. The van der Waals surface area contributed by atoms with Crippen molar-refractivity contribution in [2.45, 2.75) is 13.0 Å². The summed E-state index contributed by atoms with van der Waals surface area (Å²) in [6, 6.07) is 23.3. The van der Waals surface area contributed by atoms with Gasteiger partial charge in [-0.25, -0.2) is 5.43 Å². The van der Waals surface area contributed by atoms with Gasteiger partial charge in [0.15, 0.2) is 13.2 Å². The second-order valence-corrected chi connectivity index (χ2v) is 7.53. The maximum Gasteiger partial charge on any atom is 0.277 e. The van der Waals surface area contributed by atoms with Crippen LogP contribution in [0.2, 0.25) is 5.02 Å². The Hall–Kier alpha value is -3.84. The summed E-state index contributed by atoms with van der Waals surface area (Å²) in [5.41, 5.74) is 4.17. The lowest BCUT2D eigenvalue weighted by Gasteiger charge is -2.14. The molecule has 0 aliphatic rings. The van der Waals surface area contributed by atoms with Gasteiger partial charge in [0.1, 0.15) is 11.5 Å². The summed E-state index contributed by atoms with van der Waals surface area (Å²) < 4.78 is 10.9. The van der Waals surface area contributed by atoms with Gasteiger partial charge >= 0.3 is 0 Å². The SMILES string of the molecule is C[C@H](NC(=O)COc1ccc(/C=N\NC(=O)COc2ccc(Cl)cc2)cc1)c1ccccc1. The number of hydrogen-bond donors (Lipinski definition) is 2. The van der Waals surface area contributed by atoms with Crippen LogP contribution in [0.25, 0.3) is 0 Å². The molecule has 8 heteroatoms. The van der Waals surface area contributed by atoms with Gasteiger partial charge in [0.25, 0.3) is 11.8 Å². The van der Waals surface area contributed by atoms with Crippen LogP contribution in [-0.2, 0) is 9.59 Å². The molecule has 3 rings (SSSR count). The minimum atomic E-state index is -0.392. The third-order valence-corrected chi connectivity index (χ3v) is 4.77. The normalized spacial score (nSPS) is 11.6. The Morgan fingerprint density at radius 2 is 1.45 bits per heavy atom.